The number of furan rings is 1. The van der Waals surface area contributed by atoms with E-state index in [-0.39, 0.29) is 11.5 Å². The van der Waals surface area contributed by atoms with Crippen molar-refractivity contribution in [1.29, 1.82) is 0 Å². The number of amides is 1. The van der Waals surface area contributed by atoms with Crippen molar-refractivity contribution < 1.29 is 14.3 Å². The summed E-state index contributed by atoms with van der Waals surface area (Å²) < 4.78 is 5.62. The van der Waals surface area contributed by atoms with Gasteiger partial charge in [-0.15, -0.1) is 0 Å². The summed E-state index contributed by atoms with van der Waals surface area (Å²) >= 11 is 0. The number of aromatic nitrogens is 2. The van der Waals surface area contributed by atoms with Gasteiger partial charge in [-0.3, -0.25) is 9.69 Å². The number of carbonyl (C=O) groups is 1. The molecule has 0 saturated carbocycles. The molecule has 0 aliphatic rings. The summed E-state index contributed by atoms with van der Waals surface area (Å²) in [6.45, 7) is 9.27. The molecule has 7 nitrogen and oxygen atoms in total. The molecule has 0 unspecified atom stereocenters. The Hall–Kier alpha value is -2.83. The topological polar surface area (TPSA) is 99.4 Å². The first-order valence-corrected chi connectivity index (χ1v) is 8.55. The SMILES string of the molecule is CC(C)[C@H](c1nc2c(oc3ccccc32)c(=O)[nH]1)N(C(=O)O)C(C)(C)C. The molecule has 3 rings (SSSR count). The molecule has 0 aliphatic heterocycles. The molecule has 1 amide bonds. The lowest BCUT2D eigenvalue weighted by Crippen LogP contribution is -2.49. The second-order valence-corrected chi connectivity index (χ2v) is 7.74. The number of fused-ring (bicyclic) bond motifs is 3. The minimum atomic E-state index is -1.06. The van der Waals surface area contributed by atoms with Gasteiger partial charge in [-0.1, -0.05) is 26.0 Å². The van der Waals surface area contributed by atoms with E-state index >= 15 is 0 Å². The average Bonchev–Trinajstić information content (AvgIpc) is 2.90. The Morgan fingerprint density at radius 3 is 2.50 bits per heavy atom. The average molecular weight is 357 g/mol. The minimum absolute atomic E-state index is 0.0934. The lowest BCUT2D eigenvalue weighted by atomic mass is 9.95. The number of benzene rings is 1. The molecule has 0 spiro atoms. The van der Waals surface area contributed by atoms with Gasteiger partial charge in [0.05, 0.1) is 6.04 Å². The van der Waals surface area contributed by atoms with E-state index in [0.717, 1.165) is 5.39 Å². The molecule has 2 aromatic heterocycles. The molecule has 7 heteroatoms. The lowest BCUT2D eigenvalue weighted by Gasteiger charge is -2.40. The number of carboxylic acid groups (broad SMARTS) is 1. The summed E-state index contributed by atoms with van der Waals surface area (Å²) in [7, 11) is 0. The molecule has 2 heterocycles. The van der Waals surface area contributed by atoms with Crippen molar-refractivity contribution in [2.45, 2.75) is 46.2 Å². The van der Waals surface area contributed by atoms with Crippen LogP contribution in [0.5, 0.6) is 0 Å². The number of nitrogens with one attached hydrogen (secondary N) is 1. The van der Waals surface area contributed by atoms with Crippen molar-refractivity contribution in [3.05, 3.63) is 40.4 Å². The van der Waals surface area contributed by atoms with E-state index in [0.29, 0.717) is 16.9 Å². The van der Waals surface area contributed by atoms with E-state index < -0.39 is 23.2 Å². The summed E-state index contributed by atoms with van der Waals surface area (Å²) in [6.07, 6.45) is -1.06. The number of hydrogen-bond acceptors (Lipinski definition) is 4. The zero-order valence-electron chi connectivity index (χ0n) is 15.5. The number of hydrogen-bond donors (Lipinski definition) is 2. The van der Waals surface area contributed by atoms with Gasteiger partial charge in [-0.05, 0) is 38.8 Å². The highest BCUT2D eigenvalue weighted by atomic mass is 16.4. The van der Waals surface area contributed by atoms with Gasteiger partial charge in [-0.25, -0.2) is 9.78 Å². The van der Waals surface area contributed by atoms with Crippen LogP contribution in [0.15, 0.2) is 33.5 Å². The van der Waals surface area contributed by atoms with Gasteiger partial charge < -0.3 is 14.5 Å². The van der Waals surface area contributed by atoms with Crippen molar-refractivity contribution >= 4 is 28.2 Å². The molecular weight excluding hydrogens is 334 g/mol. The summed E-state index contributed by atoms with van der Waals surface area (Å²) in [6, 6.07) is 6.68. The van der Waals surface area contributed by atoms with Gasteiger partial charge in [0.2, 0.25) is 5.58 Å². The first kappa shape index (κ1) is 18.0. The summed E-state index contributed by atoms with van der Waals surface area (Å²) in [4.78, 5) is 33.2. The van der Waals surface area contributed by atoms with Crippen molar-refractivity contribution in [2.24, 2.45) is 5.92 Å². The van der Waals surface area contributed by atoms with Gasteiger partial charge in [0.25, 0.3) is 5.56 Å². The van der Waals surface area contributed by atoms with Crippen molar-refractivity contribution in [3.8, 4) is 0 Å². The quantitative estimate of drug-likeness (QED) is 0.734. The number of rotatable bonds is 3. The molecule has 3 aromatic rings. The van der Waals surface area contributed by atoms with Crippen LogP contribution in [-0.2, 0) is 0 Å². The summed E-state index contributed by atoms with van der Waals surface area (Å²) in [5, 5.41) is 10.5. The van der Waals surface area contributed by atoms with Crippen molar-refractivity contribution in [1.82, 2.24) is 14.9 Å². The van der Waals surface area contributed by atoms with E-state index in [4.69, 9.17) is 4.42 Å². The second kappa shape index (κ2) is 6.16. The molecule has 1 aromatic carbocycles. The predicted octanol–water partition coefficient (Wildman–Crippen LogP) is 4.14. The zero-order valence-corrected chi connectivity index (χ0v) is 15.5. The van der Waals surface area contributed by atoms with Crippen LogP contribution in [0.2, 0.25) is 0 Å². The van der Waals surface area contributed by atoms with Crippen molar-refractivity contribution in [3.63, 3.8) is 0 Å². The van der Waals surface area contributed by atoms with Crippen LogP contribution in [0.4, 0.5) is 4.79 Å². The van der Waals surface area contributed by atoms with Gasteiger partial charge in [0.1, 0.15) is 16.9 Å². The van der Waals surface area contributed by atoms with E-state index in [2.05, 4.69) is 9.97 Å². The standard InChI is InChI=1S/C19H23N3O4/c1-10(2)14(22(18(24)25)19(3,4)5)16-20-13-11-8-6-7-9-12(11)26-15(13)17(23)21-16/h6-10,14H,1-5H3,(H,24,25)(H,20,21,23)/t14-/m1/s1. The van der Waals surface area contributed by atoms with Gasteiger partial charge in [0.15, 0.2) is 0 Å². The van der Waals surface area contributed by atoms with Crippen molar-refractivity contribution in [2.75, 3.05) is 0 Å². The van der Waals surface area contributed by atoms with Crippen LogP contribution in [0.3, 0.4) is 0 Å². The molecule has 1 atom stereocenters. The monoisotopic (exact) mass is 357 g/mol. The third-order valence-corrected chi connectivity index (χ3v) is 4.37. The fourth-order valence-corrected chi connectivity index (χ4v) is 3.32. The van der Waals surface area contributed by atoms with Gasteiger partial charge in [-0.2, -0.15) is 0 Å². The summed E-state index contributed by atoms with van der Waals surface area (Å²) in [5.41, 5.74) is 0.0994. The molecular formula is C19H23N3O4. The molecule has 138 valence electrons. The number of para-hydroxylation sites is 1. The van der Waals surface area contributed by atoms with Gasteiger partial charge >= 0.3 is 6.09 Å². The largest absolute Gasteiger partial charge is 0.465 e. The Balaban J connectivity index is 2.28. The predicted molar refractivity (Wildman–Crippen MR) is 99.3 cm³/mol. The smallest absolute Gasteiger partial charge is 0.408 e. The molecule has 0 saturated heterocycles. The van der Waals surface area contributed by atoms with E-state index in [1.165, 1.54) is 4.90 Å². The molecule has 0 bridgehead atoms. The van der Waals surface area contributed by atoms with Crippen LogP contribution in [0.1, 0.15) is 46.5 Å². The second-order valence-electron chi connectivity index (χ2n) is 7.74. The van der Waals surface area contributed by atoms with E-state index in [9.17, 15) is 14.7 Å². The molecule has 0 aliphatic carbocycles. The highest BCUT2D eigenvalue weighted by Crippen LogP contribution is 2.33. The van der Waals surface area contributed by atoms with Crippen LogP contribution in [0, 0.1) is 5.92 Å². The first-order chi connectivity index (χ1) is 12.1. The Labute approximate surface area is 150 Å². The zero-order chi connectivity index (χ0) is 19.2. The number of aromatic amines is 1. The van der Waals surface area contributed by atoms with Crippen LogP contribution in [0.25, 0.3) is 22.1 Å². The Morgan fingerprint density at radius 1 is 1.27 bits per heavy atom. The fourth-order valence-electron chi connectivity index (χ4n) is 3.32. The molecule has 2 N–H and O–H groups in total. The summed E-state index contributed by atoms with van der Waals surface area (Å²) in [5.74, 6) is 0.227. The van der Waals surface area contributed by atoms with Crippen LogP contribution >= 0.6 is 0 Å². The maximum atomic E-state index is 12.6. The Bertz CT molecular complexity index is 1030. The number of nitrogens with zero attached hydrogens (tertiary/aromatic N) is 2. The van der Waals surface area contributed by atoms with Crippen LogP contribution < -0.4 is 5.56 Å². The maximum Gasteiger partial charge on any atom is 0.408 e. The molecule has 0 radical (unpaired) electrons. The fraction of sp³-hybridized carbons (Fsp3) is 0.421. The Morgan fingerprint density at radius 2 is 1.92 bits per heavy atom. The third kappa shape index (κ3) is 2.94. The third-order valence-electron chi connectivity index (χ3n) is 4.37. The molecule has 26 heavy (non-hydrogen) atoms. The number of H-pyrrole nitrogens is 1. The highest BCUT2D eigenvalue weighted by Gasteiger charge is 2.37. The van der Waals surface area contributed by atoms with Gasteiger partial charge in [0, 0.05) is 10.9 Å². The minimum Gasteiger partial charge on any atom is -0.465 e. The lowest BCUT2D eigenvalue weighted by molar-refractivity contribution is 0.0502. The van der Waals surface area contributed by atoms with E-state index in [1.54, 1.807) is 6.07 Å². The van der Waals surface area contributed by atoms with Crippen LogP contribution in [-0.4, -0.2) is 31.6 Å². The van der Waals surface area contributed by atoms with E-state index in [1.807, 2.05) is 52.8 Å². The maximum absolute atomic E-state index is 12.6. The Kier molecular flexibility index (Phi) is 4.26. The normalized spacial score (nSPS) is 13.5. The first-order valence-electron chi connectivity index (χ1n) is 8.55. The highest BCUT2D eigenvalue weighted by molar-refractivity contribution is 6.01. The molecule has 0 fully saturated rings.